The van der Waals surface area contributed by atoms with Crippen LogP contribution in [0.25, 0.3) is 11.1 Å². The van der Waals surface area contributed by atoms with Gasteiger partial charge < -0.3 is 15.0 Å². The number of hydrogen-bond acceptors (Lipinski definition) is 6. The van der Waals surface area contributed by atoms with Crippen LogP contribution in [0.3, 0.4) is 0 Å². The minimum Gasteiger partial charge on any atom is -0.378 e. The molecule has 1 saturated heterocycles. The molecule has 0 unspecified atom stereocenters. The summed E-state index contributed by atoms with van der Waals surface area (Å²) in [6.07, 6.45) is 5.05. The van der Waals surface area contributed by atoms with Crippen molar-refractivity contribution in [2.24, 2.45) is 5.41 Å². The summed E-state index contributed by atoms with van der Waals surface area (Å²) in [5, 5.41) is 4.08. The highest BCUT2D eigenvalue weighted by molar-refractivity contribution is 7.19. The molecule has 5 rings (SSSR count). The fourth-order valence-electron chi connectivity index (χ4n) is 4.85. The number of hydrogen-bond donors (Lipinski definition) is 1. The number of pyridine rings is 1. The molecule has 3 heterocycles. The van der Waals surface area contributed by atoms with Crippen molar-refractivity contribution in [2.45, 2.75) is 33.1 Å². The van der Waals surface area contributed by atoms with Crippen LogP contribution >= 0.6 is 11.3 Å². The van der Waals surface area contributed by atoms with Gasteiger partial charge in [-0.05, 0) is 40.7 Å². The fourth-order valence-corrected chi connectivity index (χ4v) is 6.18. The lowest BCUT2D eigenvalue weighted by Gasteiger charge is -2.30. The molecule has 1 fully saturated rings. The Labute approximate surface area is 204 Å². The summed E-state index contributed by atoms with van der Waals surface area (Å²) in [6, 6.07) is 11.7. The van der Waals surface area contributed by atoms with Crippen molar-refractivity contribution in [3.63, 3.8) is 0 Å². The number of nitrogens with zero attached hydrogens (tertiary/aromatic N) is 2. The molecule has 1 amide bonds. The first-order valence-corrected chi connectivity index (χ1v) is 12.5. The van der Waals surface area contributed by atoms with Crippen molar-refractivity contribution < 1.29 is 14.3 Å². The number of carbonyl (C=O) groups excluding carboxylic acids is 2. The molecule has 2 aromatic heterocycles. The van der Waals surface area contributed by atoms with Crippen LogP contribution in [0.15, 0.2) is 48.8 Å². The molecule has 3 aromatic rings. The van der Waals surface area contributed by atoms with Gasteiger partial charge in [0.1, 0.15) is 0 Å². The predicted molar refractivity (Wildman–Crippen MR) is 136 cm³/mol. The van der Waals surface area contributed by atoms with E-state index in [9.17, 15) is 9.59 Å². The SMILES string of the molecule is CC1(C)CC(=O)c2sc(N3CCOCC3)c(-c3cccc(CC(=O)Nc4ccncc4)c3)c2C1. The minimum absolute atomic E-state index is 0.0653. The lowest BCUT2D eigenvalue weighted by molar-refractivity contribution is -0.115. The molecule has 1 aliphatic heterocycles. The molecule has 1 N–H and O–H groups in total. The van der Waals surface area contributed by atoms with Crippen molar-refractivity contribution in [1.82, 2.24) is 4.98 Å². The van der Waals surface area contributed by atoms with Gasteiger partial charge in [0.05, 0.1) is 29.5 Å². The van der Waals surface area contributed by atoms with E-state index in [4.69, 9.17) is 4.74 Å². The van der Waals surface area contributed by atoms with E-state index in [1.165, 1.54) is 0 Å². The maximum Gasteiger partial charge on any atom is 0.228 e. The summed E-state index contributed by atoms with van der Waals surface area (Å²) in [7, 11) is 0. The van der Waals surface area contributed by atoms with Crippen molar-refractivity contribution in [2.75, 3.05) is 36.5 Å². The number of amides is 1. The summed E-state index contributed by atoms with van der Waals surface area (Å²) in [6.45, 7) is 7.36. The Morgan fingerprint density at radius 2 is 1.91 bits per heavy atom. The smallest absolute Gasteiger partial charge is 0.228 e. The monoisotopic (exact) mass is 475 g/mol. The standard InChI is InChI=1S/C27H29N3O3S/c1-27(2)16-21-24(26(30-10-12-33-13-11-30)34-25(21)22(31)17-27)19-5-3-4-18(14-19)15-23(32)29-20-6-8-28-9-7-20/h3-9,14H,10-13,15-17H2,1-2H3,(H,28,29,32). The largest absolute Gasteiger partial charge is 0.378 e. The molecule has 1 aromatic carbocycles. The maximum absolute atomic E-state index is 13.1. The number of aromatic nitrogens is 1. The highest BCUT2D eigenvalue weighted by Gasteiger charge is 2.37. The highest BCUT2D eigenvalue weighted by Crippen LogP contribution is 2.49. The zero-order valence-corrected chi connectivity index (χ0v) is 20.4. The Balaban J connectivity index is 1.50. The van der Waals surface area contributed by atoms with Crippen LogP contribution in [0.2, 0.25) is 0 Å². The number of rotatable bonds is 5. The molecule has 1 aliphatic carbocycles. The van der Waals surface area contributed by atoms with Crippen LogP contribution in [0.1, 0.15) is 41.1 Å². The highest BCUT2D eigenvalue weighted by atomic mass is 32.1. The lowest BCUT2D eigenvalue weighted by Crippen LogP contribution is -2.36. The van der Waals surface area contributed by atoms with Crippen molar-refractivity contribution in [3.8, 4) is 11.1 Å². The number of fused-ring (bicyclic) bond motifs is 1. The van der Waals surface area contributed by atoms with Gasteiger partial charge in [0.25, 0.3) is 0 Å². The van der Waals surface area contributed by atoms with Crippen LogP contribution in [0.4, 0.5) is 10.7 Å². The Kier molecular flexibility index (Phi) is 6.23. The van der Waals surface area contributed by atoms with Crippen LogP contribution in [-0.2, 0) is 22.4 Å². The Morgan fingerprint density at radius 1 is 1.15 bits per heavy atom. The molecule has 6 nitrogen and oxygen atoms in total. The van der Waals surface area contributed by atoms with Crippen molar-refractivity contribution >= 4 is 33.7 Å². The second-order valence-electron chi connectivity index (χ2n) is 9.79. The first-order chi connectivity index (χ1) is 16.4. The van der Waals surface area contributed by atoms with Crippen molar-refractivity contribution in [3.05, 3.63) is 64.8 Å². The van der Waals surface area contributed by atoms with Crippen LogP contribution in [-0.4, -0.2) is 43.0 Å². The number of Topliss-reactive ketones (excluding diaryl/α,β-unsaturated/α-hetero) is 1. The van der Waals surface area contributed by atoms with E-state index < -0.39 is 0 Å². The second-order valence-corrected chi connectivity index (χ2v) is 10.8. The molecule has 7 heteroatoms. The summed E-state index contributed by atoms with van der Waals surface area (Å²) < 4.78 is 5.58. The average Bonchev–Trinajstić information content (AvgIpc) is 3.19. The van der Waals surface area contributed by atoms with Gasteiger partial charge >= 0.3 is 0 Å². The predicted octanol–water partition coefficient (Wildman–Crippen LogP) is 4.98. The van der Waals surface area contributed by atoms with E-state index in [-0.39, 0.29) is 23.5 Å². The van der Waals surface area contributed by atoms with Gasteiger partial charge in [-0.15, -0.1) is 11.3 Å². The molecule has 0 radical (unpaired) electrons. The molecule has 0 bridgehead atoms. The van der Waals surface area contributed by atoms with E-state index in [1.54, 1.807) is 35.9 Å². The number of nitrogens with one attached hydrogen (secondary N) is 1. The van der Waals surface area contributed by atoms with E-state index in [2.05, 4.69) is 41.2 Å². The van der Waals surface area contributed by atoms with Crippen LogP contribution in [0, 0.1) is 5.41 Å². The zero-order valence-electron chi connectivity index (χ0n) is 19.6. The molecular formula is C27H29N3O3S. The second kappa shape index (κ2) is 9.31. The van der Waals surface area contributed by atoms with Crippen molar-refractivity contribution in [1.29, 1.82) is 0 Å². The zero-order chi connectivity index (χ0) is 23.7. The van der Waals surface area contributed by atoms with Crippen LogP contribution < -0.4 is 10.2 Å². The Morgan fingerprint density at radius 3 is 2.68 bits per heavy atom. The minimum atomic E-state index is -0.0691. The summed E-state index contributed by atoms with van der Waals surface area (Å²) in [4.78, 5) is 33.0. The lowest BCUT2D eigenvalue weighted by atomic mass is 9.75. The first-order valence-electron chi connectivity index (χ1n) is 11.7. The molecule has 0 atom stereocenters. The van der Waals surface area contributed by atoms with Crippen LogP contribution in [0.5, 0.6) is 0 Å². The number of ether oxygens (including phenoxy) is 1. The van der Waals surface area contributed by atoms with Gasteiger partial charge in [0, 0.05) is 43.2 Å². The van der Waals surface area contributed by atoms with Gasteiger partial charge in [-0.3, -0.25) is 14.6 Å². The summed E-state index contributed by atoms with van der Waals surface area (Å²) in [5.74, 6) is 0.172. The van der Waals surface area contributed by atoms with Gasteiger partial charge in [-0.2, -0.15) is 0 Å². The topological polar surface area (TPSA) is 71.5 Å². The van der Waals surface area contributed by atoms with Gasteiger partial charge in [-0.1, -0.05) is 38.1 Å². The maximum atomic E-state index is 13.1. The van der Waals surface area contributed by atoms with E-state index >= 15 is 0 Å². The summed E-state index contributed by atoms with van der Waals surface area (Å²) in [5.41, 5.74) is 4.99. The van der Waals surface area contributed by atoms with E-state index in [1.807, 2.05) is 12.1 Å². The number of anilines is 2. The quantitative estimate of drug-likeness (QED) is 0.563. The number of carbonyl (C=O) groups is 2. The van der Waals surface area contributed by atoms with Gasteiger partial charge in [0.15, 0.2) is 5.78 Å². The third kappa shape index (κ3) is 4.76. The number of benzene rings is 1. The number of ketones is 1. The average molecular weight is 476 g/mol. The molecular weight excluding hydrogens is 446 g/mol. The fraction of sp³-hybridized carbons (Fsp3) is 0.370. The molecule has 34 heavy (non-hydrogen) atoms. The third-order valence-electron chi connectivity index (χ3n) is 6.38. The summed E-state index contributed by atoms with van der Waals surface area (Å²) >= 11 is 1.63. The van der Waals surface area contributed by atoms with Gasteiger partial charge in [0.2, 0.25) is 5.91 Å². The van der Waals surface area contributed by atoms with E-state index in [0.29, 0.717) is 19.6 Å². The Hall–Kier alpha value is -3.03. The number of thiophene rings is 1. The first kappa shape index (κ1) is 22.7. The Bertz CT molecular complexity index is 1210. The molecule has 176 valence electrons. The number of morpholine rings is 1. The molecule has 0 spiro atoms. The van der Waals surface area contributed by atoms with E-state index in [0.717, 1.165) is 57.3 Å². The third-order valence-corrected chi connectivity index (χ3v) is 7.71. The molecule has 0 saturated carbocycles. The molecule has 2 aliphatic rings. The normalized spacial score (nSPS) is 17.4. The van der Waals surface area contributed by atoms with Gasteiger partial charge in [-0.25, -0.2) is 0 Å².